The SMILES string of the molecule is CCCC(=O)N[C@]1(C(=O)N[C@H](Cc2ccccc2)C(=O)N[C@@H](CCCNC(=N)N)C(=O)N[C@@H](Cc2ccc3ccccc3c2)C(=O)NCCC(N)=O)CC[C@H](c2ccccc2)CC1. The van der Waals surface area contributed by atoms with Crippen LogP contribution in [0.1, 0.15) is 87.3 Å². The van der Waals surface area contributed by atoms with E-state index in [4.69, 9.17) is 16.9 Å². The maximum Gasteiger partial charge on any atom is 0.246 e. The largest absolute Gasteiger partial charge is 0.370 e. The molecule has 1 fully saturated rings. The molecule has 0 saturated heterocycles. The molecule has 6 amide bonds. The van der Waals surface area contributed by atoms with Crippen molar-refractivity contribution in [1.29, 1.82) is 5.41 Å². The summed E-state index contributed by atoms with van der Waals surface area (Å²) in [4.78, 5) is 81.8. The Balaban J connectivity index is 1.40. The Labute approximate surface area is 368 Å². The molecule has 0 heterocycles. The van der Waals surface area contributed by atoms with Crippen molar-refractivity contribution in [2.75, 3.05) is 13.1 Å². The summed E-state index contributed by atoms with van der Waals surface area (Å²) in [5, 5.41) is 26.7. The summed E-state index contributed by atoms with van der Waals surface area (Å²) >= 11 is 0. The fraction of sp³-hybridized carbons (Fsp3) is 0.396. The second-order valence-corrected chi connectivity index (χ2v) is 16.3. The molecule has 3 atom stereocenters. The zero-order valence-corrected chi connectivity index (χ0v) is 35.9. The number of guanidine groups is 1. The van der Waals surface area contributed by atoms with Gasteiger partial charge in [0.2, 0.25) is 35.4 Å². The van der Waals surface area contributed by atoms with E-state index in [9.17, 15) is 28.8 Å². The molecule has 1 aliphatic rings. The highest BCUT2D eigenvalue weighted by Crippen LogP contribution is 2.38. The Morgan fingerprint density at radius 1 is 0.667 bits per heavy atom. The number of hydrogen-bond acceptors (Lipinski definition) is 7. The molecule has 334 valence electrons. The molecular formula is C48H61N9O6. The quantitative estimate of drug-likeness (QED) is 0.0321. The highest BCUT2D eigenvalue weighted by Gasteiger charge is 2.44. The molecule has 4 aromatic carbocycles. The molecule has 11 N–H and O–H groups in total. The van der Waals surface area contributed by atoms with Crippen LogP contribution >= 0.6 is 0 Å². The molecule has 0 aromatic heterocycles. The zero-order valence-electron chi connectivity index (χ0n) is 35.9. The van der Waals surface area contributed by atoms with E-state index in [1.807, 2.05) is 97.9 Å². The number of amides is 6. The van der Waals surface area contributed by atoms with Crippen LogP contribution in [0.5, 0.6) is 0 Å². The maximum atomic E-state index is 14.6. The van der Waals surface area contributed by atoms with Gasteiger partial charge in [-0.3, -0.25) is 34.2 Å². The smallest absolute Gasteiger partial charge is 0.246 e. The number of nitrogens with two attached hydrogens (primary N) is 2. The number of nitrogens with one attached hydrogen (secondary N) is 7. The second kappa shape index (κ2) is 23.4. The normalized spacial score (nSPS) is 17.3. The average molecular weight is 860 g/mol. The Morgan fingerprint density at radius 2 is 1.27 bits per heavy atom. The highest BCUT2D eigenvalue weighted by molar-refractivity contribution is 5.97. The first-order chi connectivity index (χ1) is 30.4. The summed E-state index contributed by atoms with van der Waals surface area (Å²) < 4.78 is 0. The van der Waals surface area contributed by atoms with Gasteiger partial charge in [-0.25, -0.2) is 0 Å². The molecule has 0 aliphatic heterocycles. The third kappa shape index (κ3) is 14.4. The van der Waals surface area contributed by atoms with Crippen LogP contribution in [0.2, 0.25) is 0 Å². The summed E-state index contributed by atoms with van der Waals surface area (Å²) in [5.41, 5.74) is 12.2. The van der Waals surface area contributed by atoms with E-state index in [-0.39, 0.29) is 63.0 Å². The van der Waals surface area contributed by atoms with Gasteiger partial charge in [0.25, 0.3) is 0 Å². The van der Waals surface area contributed by atoms with Gasteiger partial charge in [-0.1, -0.05) is 110 Å². The fourth-order valence-corrected chi connectivity index (χ4v) is 8.08. The van der Waals surface area contributed by atoms with Gasteiger partial charge in [0.05, 0.1) is 0 Å². The molecule has 15 heteroatoms. The van der Waals surface area contributed by atoms with E-state index in [1.165, 1.54) is 0 Å². The lowest BCUT2D eigenvalue weighted by atomic mass is 9.73. The van der Waals surface area contributed by atoms with Crippen LogP contribution in [0, 0.1) is 5.41 Å². The second-order valence-electron chi connectivity index (χ2n) is 16.3. The van der Waals surface area contributed by atoms with Crippen LogP contribution in [-0.4, -0.2) is 78.2 Å². The lowest BCUT2D eigenvalue weighted by molar-refractivity contribution is -0.138. The van der Waals surface area contributed by atoms with E-state index in [1.54, 1.807) is 0 Å². The summed E-state index contributed by atoms with van der Waals surface area (Å²) in [7, 11) is 0. The standard InChI is InChI=1S/C48H61N9O6/c1-2-12-42(59)57-48(25-22-36(23-26-48)34-15-7-4-8-16-34)46(63)56-40(30-32-13-5-3-6-14-32)45(62)54-38(19-11-27-53-47(50)51)44(61)55-39(43(60)52-28-24-41(49)58)31-33-20-21-35-17-9-10-18-37(35)29-33/h3-10,13-18,20-21,29,36,38-40H,2,11-12,19,22-28,30-31H2,1H3,(H2,49,58)(H,52,60)(H,54,62)(H,55,61)(H,56,63)(H,57,59)(H4,50,51,53)/t36-,38-,39-,40+,48+/m0/s1. The minimum Gasteiger partial charge on any atom is -0.370 e. The Kier molecular flexibility index (Phi) is 17.6. The number of rotatable bonds is 22. The molecule has 0 bridgehead atoms. The number of primary amides is 1. The molecular weight excluding hydrogens is 799 g/mol. The fourth-order valence-electron chi connectivity index (χ4n) is 8.08. The molecule has 63 heavy (non-hydrogen) atoms. The van der Waals surface area contributed by atoms with E-state index in [0.717, 1.165) is 27.5 Å². The molecule has 15 nitrogen and oxygen atoms in total. The lowest BCUT2D eigenvalue weighted by Gasteiger charge is -2.40. The molecule has 0 spiro atoms. The van der Waals surface area contributed by atoms with Crippen molar-refractivity contribution in [3.63, 3.8) is 0 Å². The number of benzene rings is 4. The summed E-state index contributed by atoms with van der Waals surface area (Å²) in [5.74, 6) is -3.23. The summed E-state index contributed by atoms with van der Waals surface area (Å²) in [6.07, 6.45) is 3.30. The number of carbonyl (C=O) groups excluding carboxylic acids is 6. The third-order valence-electron chi connectivity index (χ3n) is 11.5. The van der Waals surface area contributed by atoms with Crippen molar-refractivity contribution < 1.29 is 28.8 Å². The van der Waals surface area contributed by atoms with Gasteiger partial charge in [-0.05, 0) is 78.3 Å². The van der Waals surface area contributed by atoms with Gasteiger partial charge in [-0.2, -0.15) is 0 Å². The van der Waals surface area contributed by atoms with Crippen molar-refractivity contribution in [1.82, 2.24) is 31.9 Å². The van der Waals surface area contributed by atoms with Crippen molar-refractivity contribution in [3.05, 3.63) is 120 Å². The first-order valence-electron chi connectivity index (χ1n) is 21.8. The Bertz CT molecular complexity index is 2190. The van der Waals surface area contributed by atoms with E-state index in [2.05, 4.69) is 44.0 Å². The van der Waals surface area contributed by atoms with E-state index < -0.39 is 53.2 Å². The Hall–Kier alpha value is -6.77. The molecule has 0 unspecified atom stereocenters. The number of fused-ring (bicyclic) bond motifs is 1. The highest BCUT2D eigenvalue weighted by atomic mass is 16.2. The van der Waals surface area contributed by atoms with E-state index in [0.29, 0.717) is 38.5 Å². The molecule has 5 rings (SSSR count). The van der Waals surface area contributed by atoms with Gasteiger partial charge < -0.3 is 43.4 Å². The zero-order chi connectivity index (χ0) is 45.2. The van der Waals surface area contributed by atoms with Gasteiger partial charge in [-0.15, -0.1) is 0 Å². The number of hydrogen-bond donors (Lipinski definition) is 9. The summed E-state index contributed by atoms with van der Waals surface area (Å²) in [6, 6.07) is 29.2. The van der Waals surface area contributed by atoms with Crippen molar-refractivity contribution in [3.8, 4) is 0 Å². The predicted molar refractivity (Wildman–Crippen MR) is 243 cm³/mol. The van der Waals surface area contributed by atoms with Gasteiger partial charge in [0, 0.05) is 38.8 Å². The van der Waals surface area contributed by atoms with Crippen LogP contribution in [0.4, 0.5) is 0 Å². The van der Waals surface area contributed by atoms with Crippen molar-refractivity contribution >= 4 is 52.2 Å². The van der Waals surface area contributed by atoms with Crippen molar-refractivity contribution in [2.24, 2.45) is 11.5 Å². The topological polar surface area (TPSA) is 250 Å². The number of carbonyl (C=O) groups is 6. The Morgan fingerprint density at radius 3 is 1.94 bits per heavy atom. The van der Waals surface area contributed by atoms with Gasteiger partial charge >= 0.3 is 0 Å². The molecule has 1 aliphatic carbocycles. The van der Waals surface area contributed by atoms with E-state index >= 15 is 0 Å². The minimum atomic E-state index is -1.26. The first kappa shape index (κ1) is 47.3. The third-order valence-corrected chi connectivity index (χ3v) is 11.5. The first-order valence-corrected chi connectivity index (χ1v) is 21.8. The van der Waals surface area contributed by atoms with Crippen LogP contribution in [-0.2, 0) is 41.6 Å². The van der Waals surface area contributed by atoms with Crippen LogP contribution < -0.4 is 43.4 Å². The monoisotopic (exact) mass is 859 g/mol. The van der Waals surface area contributed by atoms with Crippen LogP contribution in [0.3, 0.4) is 0 Å². The molecule has 1 saturated carbocycles. The molecule has 4 aromatic rings. The van der Waals surface area contributed by atoms with Crippen molar-refractivity contribution in [2.45, 2.75) is 107 Å². The maximum absolute atomic E-state index is 14.6. The lowest BCUT2D eigenvalue weighted by Crippen LogP contribution is -2.64. The minimum absolute atomic E-state index is 0.0384. The van der Waals surface area contributed by atoms with Gasteiger partial charge in [0.15, 0.2) is 5.96 Å². The molecule has 0 radical (unpaired) electrons. The average Bonchev–Trinajstić information content (AvgIpc) is 3.27. The van der Waals surface area contributed by atoms with Crippen LogP contribution in [0.25, 0.3) is 10.8 Å². The summed E-state index contributed by atoms with van der Waals surface area (Å²) in [6.45, 7) is 2.07. The van der Waals surface area contributed by atoms with Crippen LogP contribution in [0.15, 0.2) is 103 Å². The predicted octanol–water partition coefficient (Wildman–Crippen LogP) is 3.35. The van der Waals surface area contributed by atoms with Gasteiger partial charge in [0.1, 0.15) is 23.7 Å².